The minimum atomic E-state index is 0.0492. The molecule has 0 radical (unpaired) electrons. The number of ether oxygens (including phenoxy) is 1. The van der Waals surface area contributed by atoms with E-state index in [1.165, 1.54) is 0 Å². The van der Waals surface area contributed by atoms with Gasteiger partial charge in [-0.05, 0) is 12.8 Å². The molecule has 4 heteroatoms. The quantitative estimate of drug-likeness (QED) is 0.707. The normalized spacial score (nSPS) is 21.7. The Morgan fingerprint density at radius 3 is 2.80 bits per heavy atom. The van der Waals surface area contributed by atoms with Gasteiger partial charge in [-0.2, -0.15) is 0 Å². The third kappa shape index (κ3) is 4.62. The molecule has 2 N–H and O–H groups in total. The van der Waals surface area contributed by atoms with Crippen LogP contribution in [0.25, 0.3) is 0 Å². The van der Waals surface area contributed by atoms with Crippen molar-refractivity contribution >= 4 is 5.91 Å². The molecule has 1 amide bonds. The van der Waals surface area contributed by atoms with Crippen LogP contribution in [0.3, 0.4) is 0 Å². The minimum Gasteiger partial charge on any atom is -0.375 e. The second kappa shape index (κ2) is 6.80. The van der Waals surface area contributed by atoms with Crippen LogP contribution in [-0.2, 0) is 9.53 Å². The molecule has 0 saturated carbocycles. The number of morpholine rings is 1. The predicted molar refractivity (Wildman–Crippen MR) is 59.7 cm³/mol. The molecule has 1 aliphatic rings. The third-order valence-corrected chi connectivity index (χ3v) is 2.77. The summed E-state index contributed by atoms with van der Waals surface area (Å²) in [7, 11) is 0. The average molecular weight is 214 g/mol. The molecule has 0 aliphatic carbocycles. The fourth-order valence-corrected chi connectivity index (χ4v) is 1.74. The first-order valence-corrected chi connectivity index (χ1v) is 5.88. The van der Waals surface area contributed by atoms with Crippen LogP contribution in [0.1, 0.15) is 33.1 Å². The molecule has 88 valence electrons. The maximum Gasteiger partial charge on any atom is 0.222 e. The molecule has 1 atom stereocenters. The molecule has 1 saturated heterocycles. The van der Waals surface area contributed by atoms with Gasteiger partial charge in [0, 0.05) is 19.1 Å². The number of hydrogen-bond donors (Lipinski definition) is 2. The lowest BCUT2D eigenvalue weighted by Crippen LogP contribution is -2.43. The Morgan fingerprint density at radius 2 is 2.27 bits per heavy atom. The molecule has 0 bridgehead atoms. The van der Waals surface area contributed by atoms with E-state index >= 15 is 0 Å². The summed E-state index contributed by atoms with van der Waals surface area (Å²) >= 11 is 0. The Kier molecular flexibility index (Phi) is 5.65. The average Bonchev–Trinajstić information content (AvgIpc) is 2.27. The van der Waals surface area contributed by atoms with Crippen LogP contribution in [0.2, 0.25) is 0 Å². The van der Waals surface area contributed by atoms with Gasteiger partial charge in [0.2, 0.25) is 5.91 Å². The van der Waals surface area contributed by atoms with E-state index in [1.807, 2.05) is 0 Å². The summed E-state index contributed by atoms with van der Waals surface area (Å²) in [6.07, 6.45) is 2.51. The first-order chi connectivity index (χ1) is 7.26. The molecule has 1 rings (SSSR count). The molecular weight excluding hydrogens is 192 g/mol. The number of nitrogens with one attached hydrogen (secondary N) is 2. The highest BCUT2D eigenvalue weighted by atomic mass is 16.5. The van der Waals surface area contributed by atoms with Crippen LogP contribution in [-0.4, -0.2) is 37.7 Å². The van der Waals surface area contributed by atoms with Gasteiger partial charge < -0.3 is 15.4 Å². The van der Waals surface area contributed by atoms with Crippen LogP contribution in [0.4, 0.5) is 0 Å². The van der Waals surface area contributed by atoms with E-state index in [2.05, 4.69) is 24.5 Å². The van der Waals surface area contributed by atoms with Crippen molar-refractivity contribution < 1.29 is 9.53 Å². The van der Waals surface area contributed by atoms with Crippen molar-refractivity contribution in [1.29, 1.82) is 0 Å². The molecule has 0 aromatic rings. The maximum absolute atomic E-state index is 11.6. The number of carbonyl (C=O) groups is 1. The number of amides is 1. The summed E-state index contributed by atoms with van der Waals surface area (Å²) in [5.41, 5.74) is 0. The smallest absolute Gasteiger partial charge is 0.222 e. The van der Waals surface area contributed by atoms with Crippen LogP contribution in [0.15, 0.2) is 0 Å². The number of rotatable bonds is 5. The molecule has 1 heterocycles. The Balaban J connectivity index is 2.21. The first kappa shape index (κ1) is 12.5. The fourth-order valence-electron chi connectivity index (χ4n) is 1.74. The van der Waals surface area contributed by atoms with Crippen molar-refractivity contribution in [2.75, 3.05) is 19.7 Å². The van der Waals surface area contributed by atoms with Crippen molar-refractivity contribution in [3.63, 3.8) is 0 Å². The minimum absolute atomic E-state index is 0.0492. The predicted octanol–water partition coefficient (Wildman–Crippen LogP) is 0.670. The zero-order chi connectivity index (χ0) is 11.1. The molecular formula is C11H22N2O2. The summed E-state index contributed by atoms with van der Waals surface area (Å²) in [6.45, 7) is 6.57. The van der Waals surface area contributed by atoms with E-state index in [9.17, 15) is 4.79 Å². The molecule has 1 aliphatic heterocycles. The summed E-state index contributed by atoms with van der Waals surface area (Å²) in [4.78, 5) is 11.6. The summed E-state index contributed by atoms with van der Waals surface area (Å²) in [6, 6.07) is 0.314. The second-order valence-corrected chi connectivity index (χ2v) is 3.98. The van der Waals surface area contributed by atoms with Crippen molar-refractivity contribution in [1.82, 2.24) is 10.6 Å². The summed E-state index contributed by atoms with van der Waals surface area (Å²) < 4.78 is 5.47. The highest BCUT2D eigenvalue weighted by molar-refractivity contribution is 5.76. The van der Waals surface area contributed by atoms with Gasteiger partial charge in [-0.3, -0.25) is 4.79 Å². The lowest BCUT2D eigenvalue weighted by molar-refractivity contribution is -0.125. The van der Waals surface area contributed by atoms with Crippen LogP contribution >= 0.6 is 0 Å². The lowest BCUT2D eigenvalue weighted by atomic mass is 10.1. The lowest BCUT2D eigenvalue weighted by Gasteiger charge is -2.24. The maximum atomic E-state index is 11.6. The van der Waals surface area contributed by atoms with Crippen molar-refractivity contribution in [2.24, 2.45) is 0 Å². The molecule has 1 fully saturated rings. The van der Waals surface area contributed by atoms with Gasteiger partial charge in [0.15, 0.2) is 0 Å². The van der Waals surface area contributed by atoms with E-state index in [0.29, 0.717) is 19.1 Å². The number of carbonyl (C=O) groups excluding carboxylic acids is 1. The zero-order valence-corrected chi connectivity index (χ0v) is 9.71. The van der Waals surface area contributed by atoms with E-state index in [-0.39, 0.29) is 12.0 Å². The monoisotopic (exact) mass is 214 g/mol. The van der Waals surface area contributed by atoms with Crippen LogP contribution in [0.5, 0.6) is 0 Å². The Morgan fingerprint density at radius 1 is 1.53 bits per heavy atom. The summed E-state index contributed by atoms with van der Waals surface area (Å²) in [5.74, 6) is 0.109. The Hall–Kier alpha value is -0.610. The van der Waals surface area contributed by atoms with Crippen LogP contribution < -0.4 is 10.6 Å². The SMILES string of the molecule is CCC(CC)NC(=O)CC1CNCCO1. The van der Waals surface area contributed by atoms with E-state index in [1.54, 1.807) is 0 Å². The van der Waals surface area contributed by atoms with Crippen molar-refractivity contribution in [3.05, 3.63) is 0 Å². The van der Waals surface area contributed by atoms with Gasteiger partial charge in [0.05, 0.1) is 19.1 Å². The Labute approximate surface area is 91.8 Å². The fraction of sp³-hybridized carbons (Fsp3) is 0.909. The first-order valence-electron chi connectivity index (χ1n) is 5.88. The molecule has 0 aromatic heterocycles. The highest BCUT2D eigenvalue weighted by Crippen LogP contribution is 2.03. The van der Waals surface area contributed by atoms with E-state index in [0.717, 1.165) is 25.9 Å². The van der Waals surface area contributed by atoms with Crippen LogP contribution in [0, 0.1) is 0 Å². The van der Waals surface area contributed by atoms with E-state index < -0.39 is 0 Å². The molecule has 0 spiro atoms. The molecule has 15 heavy (non-hydrogen) atoms. The second-order valence-electron chi connectivity index (χ2n) is 3.98. The number of hydrogen-bond acceptors (Lipinski definition) is 3. The van der Waals surface area contributed by atoms with Gasteiger partial charge in [-0.1, -0.05) is 13.8 Å². The zero-order valence-electron chi connectivity index (χ0n) is 9.71. The van der Waals surface area contributed by atoms with Gasteiger partial charge in [-0.15, -0.1) is 0 Å². The van der Waals surface area contributed by atoms with Gasteiger partial charge in [0.1, 0.15) is 0 Å². The molecule has 4 nitrogen and oxygen atoms in total. The third-order valence-electron chi connectivity index (χ3n) is 2.77. The van der Waals surface area contributed by atoms with Gasteiger partial charge >= 0.3 is 0 Å². The Bertz CT molecular complexity index is 187. The standard InChI is InChI=1S/C11H22N2O2/c1-3-9(4-2)13-11(14)7-10-8-12-5-6-15-10/h9-10,12H,3-8H2,1-2H3,(H,13,14). The topological polar surface area (TPSA) is 50.4 Å². The highest BCUT2D eigenvalue weighted by Gasteiger charge is 2.18. The van der Waals surface area contributed by atoms with Gasteiger partial charge in [0.25, 0.3) is 0 Å². The van der Waals surface area contributed by atoms with Crippen molar-refractivity contribution in [2.45, 2.75) is 45.3 Å². The molecule has 0 aromatic carbocycles. The van der Waals surface area contributed by atoms with E-state index in [4.69, 9.17) is 4.74 Å². The largest absolute Gasteiger partial charge is 0.375 e. The van der Waals surface area contributed by atoms with Gasteiger partial charge in [-0.25, -0.2) is 0 Å². The molecule has 1 unspecified atom stereocenters. The summed E-state index contributed by atoms with van der Waals surface area (Å²) in [5, 5.41) is 6.23. The van der Waals surface area contributed by atoms with Crippen molar-refractivity contribution in [3.8, 4) is 0 Å².